The van der Waals surface area contributed by atoms with Crippen LogP contribution in [0.2, 0.25) is 0 Å². The molecule has 0 radical (unpaired) electrons. The molecule has 0 amide bonds. The number of aromatic amines is 2. The van der Waals surface area contributed by atoms with E-state index in [1.807, 2.05) is 36.9 Å². The van der Waals surface area contributed by atoms with Gasteiger partial charge >= 0.3 is 0 Å². The standard InChI is InChI=1S/C32H32N6/c1-3-21(13-22-9-6-5-7-10-22)14-23(4-2)28-16-26-31(20-35-28)37-38-32(26)29-15-25-27(18-34-19-30(25)36-29)24-11-8-12-33-17-24/h3-4,8,11-12,14-20,22,36H,1,5-7,9-10,13H2,2H3,(H,37,38)/b21-14+,23-4+. The summed E-state index contributed by atoms with van der Waals surface area (Å²) in [6.07, 6.45) is 23.5. The normalized spacial score (nSPS) is 15.4. The molecule has 2 N–H and O–H groups in total. The van der Waals surface area contributed by atoms with Gasteiger partial charge in [-0.1, -0.05) is 56.9 Å². The molecular weight excluding hydrogens is 468 g/mol. The molecule has 1 aliphatic carbocycles. The van der Waals surface area contributed by atoms with Gasteiger partial charge in [0.05, 0.1) is 34.8 Å². The fourth-order valence-electron chi connectivity index (χ4n) is 5.64. The first kappa shape index (κ1) is 24.0. The van der Waals surface area contributed by atoms with Gasteiger partial charge in [0.25, 0.3) is 0 Å². The minimum Gasteiger partial charge on any atom is -0.352 e. The molecule has 0 saturated heterocycles. The second-order valence-electron chi connectivity index (χ2n) is 10.1. The van der Waals surface area contributed by atoms with Crippen molar-refractivity contribution in [3.05, 3.63) is 91.3 Å². The number of rotatable bonds is 7. The smallest absolute Gasteiger partial charge is 0.116 e. The number of pyridine rings is 3. The minimum absolute atomic E-state index is 0.759. The van der Waals surface area contributed by atoms with Crippen molar-refractivity contribution in [2.24, 2.45) is 5.92 Å². The quantitative estimate of drug-likeness (QED) is 0.221. The van der Waals surface area contributed by atoms with Crippen molar-refractivity contribution in [2.45, 2.75) is 45.4 Å². The summed E-state index contributed by atoms with van der Waals surface area (Å²) in [4.78, 5) is 17.0. The van der Waals surface area contributed by atoms with Gasteiger partial charge in [-0.2, -0.15) is 5.10 Å². The molecule has 6 nitrogen and oxygen atoms in total. The molecule has 0 unspecified atom stereocenters. The molecule has 0 aromatic carbocycles. The Hall–Kier alpha value is -4.32. The van der Waals surface area contributed by atoms with Crippen LogP contribution in [0.15, 0.2) is 85.6 Å². The third-order valence-corrected chi connectivity index (χ3v) is 7.68. The van der Waals surface area contributed by atoms with Crippen LogP contribution in [-0.4, -0.2) is 30.1 Å². The summed E-state index contributed by atoms with van der Waals surface area (Å²) >= 11 is 0. The molecule has 6 rings (SSSR count). The lowest BCUT2D eigenvalue weighted by atomic mass is 9.84. The van der Waals surface area contributed by atoms with Crippen LogP contribution >= 0.6 is 0 Å². The average molecular weight is 501 g/mol. The Kier molecular flexibility index (Phi) is 6.69. The summed E-state index contributed by atoms with van der Waals surface area (Å²) < 4.78 is 0. The summed E-state index contributed by atoms with van der Waals surface area (Å²) in [5.41, 5.74) is 9.04. The summed E-state index contributed by atoms with van der Waals surface area (Å²) in [6, 6.07) is 8.27. The highest BCUT2D eigenvalue weighted by Crippen LogP contribution is 2.34. The molecule has 5 aromatic heterocycles. The number of aromatic nitrogens is 6. The van der Waals surface area contributed by atoms with Crippen molar-refractivity contribution in [1.82, 2.24) is 30.1 Å². The first-order valence-corrected chi connectivity index (χ1v) is 13.4. The fraction of sp³-hybridized carbons (Fsp3) is 0.250. The Morgan fingerprint density at radius 1 is 1.03 bits per heavy atom. The maximum atomic E-state index is 4.77. The maximum absolute atomic E-state index is 4.77. The number of allylic oxidation sites excluding steroid dienone is 5. The van der Waals surface area contributed by atoms with E-state index in [0.717, 1.165) is 67.9 Å². The largest absolute Gasteiger partial charge is 0.352 e. The second kappa shape index (κ2) is 10.6. The molecule has 1 saturated carbocycles. The Bertz CT molecular complexity index is 1650. The lowest BCUT2D eigenvalue weighted by molar-refractivity contribution is 0.358. The zero-order valence-electron chi connectivity index (χ0n) is 21.7. The first-order valence-electron chi connectivity index (χ1n) is 13.4. The molecule has 0 bridgehead atoms. The van der Waals surface area contributed by atoms with Gasteiger partial charge < -0.3 is 4.98 Å². The zero-order valence-corrected chi connectivity index (χ0v) is 21.7. The van der Waals surface area contributed by atoms with Crippen LogP contribution in [0.25, 0.3) is 49.9 Å². The number of nitrogens with zero attached hydrogens (tertiary/aromatic N) is 4. The van der Waals surface area contributed by atoms with Crippen LogP contribution < -0.4 is 0 Å². The van der Waals surface area contributed by atoms with Crippen LogP contribution in [0, 0.1) is 5.92 Å². The van der Waals surface area contributed by atoms with Crippen molar-refractivity contribution in [1.29, 1.82) is 0 Å². The van der Waals surface area contributed by atoms with Gasteiger partial charge in [-0.3, -0.25) is 20.1 Å². The highest BCUT2D eigenvalue weighted by atomic mass is 15.1. The molecule has 5 heterocycles. The highest BCUT2D eigenvalue weighted by molar-refractivity contribution is 6.00. The van der Waals surface area contributed by atoms with E-state index in [2.05, 4.69) is 69.0 Å². The molecule has 6 heteroatoms. The average Bonchev–Trinajstić information content (AvgIpc) is 3.60. The number of hydrogen-bond donors (Lipinski definition) is 2. The number of nitrogens with one attached hydrogen (secondary N) is 2. The number of fused-ring (bicyclic) bond motifs is 2. The molecule has 1 fully saturated rings. The number of hydrogen-bond acceptors (Lipinski definition) is 4. The van der Waals surface area contributed by atoms with Gasteiger partial charge in [0.2, 0.25) is 0 Å². The highest BCUT2D eigenvalue weighted by Gasteiger charge is 2.17. The van der Waals surface area contributed by atoms with Crippen LogP contribution in [0.3, 0.4) is 0 Å². The Morgan fingerprint density at radius 2 is 1.92 bits per heavy atom. The molecule has 5 aromatic rings. The van der Waals surface area contributed by atoms with Crippen LogP contribution in [0.4, 0.5) is 0 Å². The third kappa shape index (κ3) is 4.70. The van der Waals surface area contributed by atoms with E-state index in [1.54, 1.807) is 6.20 Å². The zero-order chi connectivity index (χ0) is 25.9. The summed E-state index contributed by atoms with van der Waals surface area (Å²) in [5, 5.41) is 9.93. The van der Waals surface area contributed by atoms with E-state index in [1.165, 1.54) is 37.7 Å². The third-order valence-electron chi connectivity index (χ3n) is 7.68. The second-order valence-corrected chi connectivity index (χ2v) is 10.1. The van der Waals surface area contributed by atoms with E-state index in [0.29, 0.717) is 0 Å². The predicted octanol–water partition coefficient (Wildman–Crippen LogP) is 8.05. The minimum atomic E-state index is 0.759. The molecule has 0 atom stereocenters. The van der Waals surface area contributed by atoms with Crippen molar-refractivity contribution < 1.29 is 0 Å². The molecule has 0 spiro atoms. The van der Waals surface area contributed by atoms with E-state index in [-0.39, 0.29) is 0 Å². The van der Waals surface area contributed by atoms with Crippen molar-refractivity contribution in [2.75, 3.05) is 0 Å². The van der Waals surface area contributed by atoms with Crippen molar-refractivity contribution >= 4 is 27.4 Å². The first-order chi connectivity index (χ1) is 18.7. The topological polar surface area (TPSA) is 83.1 Å². The summed E-state index contributed by atoms with van der Waals surface area (Å²) in [6.45, 7) is 6.18. The van der Waals surface area contributed by atoms with E-state index >= 15 is 0 Å². The SMILES string of the molecule is C=C/C(=C\C(=C/C)c1cc2c(-c3cc4c(-c5cccnc5)cncc4[nH]3)n[nH]c2cn1)CC1CCCCC1. The number of H-pyrrole nitrogens is 2. The molecule has 38 heavy (non-hydrogen) atoms. The predicted molar refractivity (Wildman–Crippen MR) is 155 cm³/mol. The molecule has 190 valence electrons. The lowest BCUT2D eigenvalue weighted by Gasteiger charge is -2.22. The molecule has 1 aliphatic rings. The van der Waals surface area contributed by atoms with E-state index in [4.69, 9.17) is 4.98 Å². The molecule has 0 aliphatic heterocycles. The van der Waals surface area contributed by atoms with Crippen LogP contribution in [0.1, 0.15) is 51.1 Å². The van der Waals surface area contributed by atoms with Crippen molar-refractivity contribution in [3.63, 3.8) is 0 Å². The summed E-state index contributed by atoms with van der Waals surface area (Å²) in [5.74, 6) is 0.759. The van der Waals surface area contributed by atoms with Gasteiger partial charge in [0.15, 0.2) is 0 Å². The van der Waals surface area contributed by atoms with Gasteiger partial charge in [-0.15, -0.1) is 0 Å². The van der Waals surface area contributed by atoms with E-state index < -0.39 is 0 Å². The van der Waals surface area contributed by atoms with E-state index in [9.17, 15) is 0 Å². The van der Waals surface area contributed by atoms with Crippen molar-refractivity contribution in [3.8, 4) is 22.5 Å². The van der Waals surface area contributed by atoms with Crippen LogP contribution in [-0.2, 0) is 0 Å². The Balaban J connectivity index is 1.36. The van der Waals surface area contributed by atoms with Gasteiger partial charge in [0, 0.05) is 40.5 Å². The summed E-state index contributed by atoms with van der Waals surface area (Å²) in [7, 11) is 0. The monoisotopic (exact) mass is 500 g/mol. The fourth-order valence-corrected chi connectivity index (χ4v) is 5.64. The Morgan fingerprint density at radius 3 is 2.71 bits per heavy atom. The van der Waals surface area contributed by atoms with Crippen LogP contribution in [0.5, 0.6) is 0 Å². The van der Waals surface area contributed by atoms with Gasteiger partial charge in [-0.25, -0.2) is 0 Å². The Labute approximate surface area is 222 Å². The van der Waals surface area contributed by atoms with Gasteiger partial charge in [-0.05, 0) is 54.7 Å². The molecular formula is C32H32N6. The lowest BCUT2D eigenvalue weighted by Crippen LogP contribution is -2.06. The van der Waals surface area contributed by atoms with Gasteiger partial charge in [0.1, 0.15) is 5.69 Å². The maximum Gasteiger partial charge on any atom is 0.116 e.